The molecular weight excluding hydrogens is 390 g/mol. The lowest BCUT2D eigenvalue weighted by atomic mass is 9.78. The smallest absolute Gasteiger partial charge is 0.240 e. The monoisotopic (exact) mass is 423 g/mol. The summed E-state index contributed by atoms with van der Waals surface area (Å²) in [5.41, 5.74) is 1.92. The molecule has 6 heteroatoms. The zero-order valence-corrected chi connectivity index (χ0v) is 18.2. The molecule has 1 aromatic heterocycles. The number of benzene rings is 1. The van der Waals surface area contributed by atoms with Gasteiger partial charge in [0.2, 0.25) is 5.91 Å². The van der Waals surface area contributed by atoms with E-state index in [0.717, 1.165) is 63.9 Å². The fourth-order valence-electron chi connectivity index (χ4n) is 5.69. The Morgan fingerprint density at radius 3 is 2.71 bits per heavy atom. The second-order valence-electron chi connectivity index (χ2n) is 9.26. The molecule has 6 nitrogen and oxygen atoms in total. The number of carbonyl (C=O) groups excluding carboxylic acids is 1. The number of carbonyl (C=O) groups is 1. The van der Waals surface area contributed by atoms with Crippen LogP contribution in [0.25, 0.3) is 10.9 Å². The first-order valence-electron chi connectivity index (χ1n) is 11.8. The molecule has 0 bridgehead atoms. The van der Waals surface area contributed by atoms with E-state index in [4.69, 9.17) is 9.47 Å². The number of hydrogen-bond donors (Lipinski definition) is 1. The summed E-state index contributed by atoms with van der Waals surface area (Å²) in [6, 6.07) is 10.4. The highest BCUT2D eigenvalue weighted by atomic mass is 16.5. The van der Waals surface area contributed by atoms with Gasteiger partial charge in [-0.05, 0) is 37.0 Å². The lowest BCUT2D eigenvalue weighted by Crippen LogP contribution is -2.64. The van der Waals surface area contributed by atoms with Gasteiger partial charge in [-0.1, -0.05) is 37.5 Å². The molecule has 0 unspecified atom stereocenters. The van der Waals surface area contributed by atoms with Crippen LogP contribution in [0.1, 0.15) is 37.7 Å². The predicted molar refractivity (Wildman–Crippen MR) is 120 cm³/mol. The molecule has 5 rings (SSSR count). The number of hydrogen-bond acceptors (Lipinski definition) is 5. The Bertz CT molecular complexity index is 901. The maximum atomic E-state index is 13.7. The van der Waals surface area contributed by atoms with E-state index in [9.17, 15) is 4.79 Å². The molecule has 1 N–H and O–H groups in total. The van der Waals surface area contributed by atoms with Crippen molar-refractivity contribution >= 4 is 16.8 Å². The van der Waals surface area contributed by atoms with Crippen LogP contribution in [0.5, 0.6) is 0 Å². The summed E-state index contributed by atoms with van der Waals surface area (Å²) in [4.78, 5) is 20.6. The Labute approximate surface area is 184 Å². The van der Waals surface area contributed by atoms with Gasteiger partial charge >= 0.3 is 0 Å². The van der Waals surface area contributed by atoms with Gasteiger partial charge in [0.05, 0.1) is 38.0 Å². The molecule has 1 aliphatic carbocycles. The molecule has 1 amide bonds. The average molecular weight is 424 g/mol. The number of pyridine rings is 1. The summed E-state index contributed by atoms with van der Waals surface area (Å²) < 4.78 is 11.4. The van der Waals surface area contributed by atoms with Crippen LogP contribution in [-0.4, -0.2) is 66.9 Å². The molecule has 2 atom stereocenters. The molecule has 1 aromatic carbocycles. The molecule has 1 saturated carbocycles. The van der Waals surface area contributed by atoms with Crippen LogP contribution in [0.3, 0.4) is 0 Å². The topological polar surface area (TPSA) is 63.7 Å². The van der Waals surface area contributed by atoms with E-state index in [-0.39, 0.29) is 23.4 Å². The molecule has 2 aromatic rings. The van der Waals surface area contributed by atoms with Crippen molar-refractivity contribution < 1.29 is 14.3 Å². The second-order valence-corrected chi connectivity index (χ2v) is 9.26. The van der Waals surface area contributed by atoms with Crippen molar-refractivity contribution in [3.05, 3.63) is 42.1 Å². The fraction of sp³-hybridized carbons (Fsp3) is 0.600. The van der Waals surface area contributed by atoms with E-state index >= 15 is 0 Å². The highest BCUT2D eigenvalue weighted by Gasteiger charge is 2.46. The first-order chi connectivity index (χ1) is 15.3. The highest BCUT2D eigenvalue weighted by molar-refractivity contribution is 5.87. The summed E-state index contributed by atoms with van der Waals surface area (Å²) in [5.74, 6) is 0.481. The van der Waals surface area contributed by atoms with Gasteiger partial charge in [0.25, 0.3) is 0 Å². The number of para-hydroxylation sites is 1. The number of morpholine rings is 1. The fourth-order valence-corrected chi connectivity index (χ4v) is 5.69. The molecule has 3 fully saturated rings. The van der Waals surface area contributed by atoms with Crippen LogP contribution in [-0.2, 0) is 20.7 Å². The number of fused-ring (bicyclic) bond motifs is 1. The van der Waals surface area contributed by atoms with Crippen LogP contribution < -0.4 is 5.32 Å². The third kappa shape index (κ3) is 4.21. The quantitative estimate of drug-likeness (QED) is 0.801. The average Bonchev–Trinajstić information content (AvgIpc) is 3.26. The SMILES string of the molecule is O=C(N[C@H]1COC[C@H]1Cc1ccnc2ccccc12)C1(N2CCOCC2)CCCCC1. The van der Waals surface area contributed by atoms with Gasteiger partial charge in [0.1, 0.15) is 5.54 Å². The maximum Gasteiger partial charge on any atom is 0.240 e. The summed E-state index contributed by atoms with van der Waals surface area (Å²) >= 11 is 0. The lowest BCUT2D eigenvalue weighted by molar-refractivity contribution is -0.141. The van der Waals surface area contributed by atoms with Gasteiger partial charge in [-0.3, -0.25) is 14.7 Å². The summed E-state index contributed by atoms with van der Waals surface area (Å²) in [5, 5.41) is 4.64. The van der Waals surface area contributed by atoms with Crippen molar-refractivity contribution in [2.24, 2.45) is 5.92 Å². The zero-order valence-electron chi connectivity index (χ0n) is 18.2. The third-order valence-corrected chi connectivity index (χ3v) is 7.46. The molecule has 3 aliphatic rings. The Morgan fingerprint density at radius 2 is 1.87 bits per heavy atom. The first kappa shape index (κ1) is 20.9. The number of amides is 1. The van der Waals surface area contributed by atoms with E-state index in [0.29, 0.717) is 13.2 Å². The number of rotatable bonds is 5. The van der Waals surface area contributed by atoms with E-state index in [1.807, 2.05) is 12.3 Å². The van der Waals surface area contributed by atoms with Crippen molar-refractivity contribution in [1.82, 2.24) is 15.2 Å². The Morgan fingerprint density at radius 1 is 1.06 bits per heavy atom. The van der Waals surface area contributed by atoms with Gasteiger partial charge < -0.3 is 14.8 Å². The van der Waals surface area contributed by atoms with Crippen molar-refractivity contribution in [3.63, 3.8) is 0 Å². The molecule has 2 aliphatic heterocycles. The van der Waals surface area contributed by atoms with E-state index in [1.54, 1.807) is 0 Å². The summed E-state index contributed by atoms with van der Waals surface area (Å²) in [6.45, 7) is 4.42. The van der Waals surface area contributed by atoms with Crippen LogP contribution in [0.2, 0.25) is 0 Å². The van der Waals surface area contributed by atoms with Crippen molar-refractivity contribution in [1.29, 1.82) is 0 Å². The first-order valence-corrected chi connectivity index (χ1v) is 11.8. The minimum absolute atomic E-state index is 0.0549. The van der Waals surface area contributed by atoms with Crippen LogP contribution in [0.4, 0.5) is 0 Å². The van der Waals surface area contributed by atoms with Gasteiger partial charge in [-0.15, -0.1) is 0 Å². The van der Waals surface area contributed by atoms with Crippen LogP contribution >= 0.6 is 0 Å². The highest BCUT2D eigenvalue weighted by Crippen LogP contribution is 2.35. The van der Waals surface area contributed by atoms with Crippen LogP contribution in [0, 0.1) is 5.92 Å². The molecule has 3 heterocycles. The van der Waals surface area contributed by atoms with Crippen molar-refractivity contribution in [2.45, 2.75) is 50.1 Å². The molecule has 166 valence electrons. The Balaban J connectivity index is 1.32. The number of aromatic nitrogens is 1. The van der Waals surface area contributed by atoms with Crippen LogP contribution in [0.15, 0.2) is 36.5 Å². The van der Waals surface area contributed by atoms with E-state index < -0.39 is 0 Å². The van der Waals surface area contributed by atoms with Gasteiger partial charge in [0, 0.05) is 30.6 Å². The normalized spacial score (nSPS) is 26.7. The molecule has 0 spiro atoms. The number of nitrogens with one attached hydrogen (secondary N) is 1. The van der Waals surface area contributed by atoms with Gasteiger partial charge in [0.15, 0.2) is 0 Å². The predicted octanol–water partition coefficient (Wildman–Crippen LogP) is 2.94. The van der Waals surface area contributed by atoms with Crippen molar-refractivity contribution in [3.8, 4) is 0 Å². The third-order valence-electron chi connectivity index (χ3n) is 7.46. The maximum absolute atomic E-state index is 13.7. The Kier molecular flexibility index (Phi) is 6.21. The standard InChI is InChI=1S/C25H33N3O3/c29-24(25(9-4-1-5-10-25)28-12-14-30-15-13-28)27-23-18-31-17-20(23)16-19-8-11-26-22-7-3-2-6-21(19)22/h2-3,6-8,11,20,23H,1,4-5,9-10,12-18H2,(H,27,29)/t20-,23+/m1/s1. The molecular formula is C25H33N3O3. The minimum Gasteiger partial charge on any atom is -0.379 e. The number of nitrogens with zero attached hydrogens (tertiary/aromatic N) is 2. The number of ether oxygens (including phenoxy) is 2. The van der Waals surface area contributed by atoms with E-state index in [1.165, 1.54) is 17.4 Å². The largest absolute Gasteiger partial charge is 0.379 e. The zero-order chi connectivity index (χ0) is 21.1. The van der Waals surface area contributed by atoms with Crippen molar-refractivity contribution in [2.75, 3.05) is 39.5 Å². The van der Waals surface area contributed by atoms with Gasteiger partial charge in [-0.25, -0.2) is 0 Å². The molecule has 2 saturated heterocycles. The van der Waals surface area contributed by atoms with E-state index in [2.05, 4.69) is 39.5 Å². The minimum atomic E-state index is -0.376. The summed E-state index contributed by atoms with van der Waals surface area (Å²) in [6.07, 6.45) is 8.15. The van der Waals surface area contributed by atoms with Gasteiger partial charge in [-0.2, -0.15) is 0 Å². The lowest BCUT2D eigenvalue weighted by Gasteiger charge is -2.47. The molecule has 0 radical (unpaired) electrons. The molecule has 31 heavy (non-hydrogen) atoms. The Hall–Kier alpha value is -2.02. The summed E-state index contributed by atoms with van der Waals surface area (Å²) in [7, 11) is 0. The second kappa shape index (κ2) is 9.23.